The predicted octanol–water partition coefficient (Wildman–Crippen LogP) is -0.505. The van der Waals surface area contributed by atoms with Gasteiger partial charge in [-0.3, -0.25) is 10.1 Å². The van der Waals surface area contributed by atoms with Crippen molar-refractivity contribution >= 4 is 15.7 Å². The standard InChI is InChI=1S/C6H7N3O5S/c7-14-6-2-1-4(15(8,12)13)3-5(6)9(10)11/h1-3H,7H2,(H2,8,12,13). The maximum absolute atomic E-state index is 10.9. The highest BCUT2D eigenvalue weighted by atomic mass is 32.2. The second-order valence-corrected chi connectivity index (χ2v) is 4.11. The molecule has 0 fully saturated rings. The Hall–Kier alpha value is -1.71. The first-order chi connectivity index (χ1) is 6.86. The largest absolute Gasteiger partial charge is 0.404 e. The zero-order valence-electron chi connectivity index (χ0n) is 7.28. The van der Waals surface area contributed by atoms with E-state index in [1.807, 2.05) is 0 Å². The van der Waals surface area contributed by atoms with Gasteiger partial charge in [0.2, 0.25) is 15.8 Å². The van der Waals surface area contributed by atoms with Gasteiger partial charge in [0.25, 0.3) is 0 Å². The van der Waals surface area contributed by atoms with E-state index in [9.17, 15) is 18.5 Å². The number of nitrogens with two attached hydrogens (primary N) is 2. The third-order valence-electron chi connectivity index (χ3n) is 1.58. The van der Waals surface area contributed by atoms with E-state index < -0.39 is 20.6 Å². The van der Waals surface area contributed by atoms with E-state index in [1.54, 1.807) is 0 Å². The lowest BCUT2D eigenvalue weighted by Crippen LogP contribution is -2.13. The van der Waals surface area contributed by atoms with E-state index in [2.05, 4.69) is 4.84 Å². The number of benzene rings is 1. The van der Waals surface area contributed by atoms with E-state index >= 15 is 0 Å². The fourth-order valence-electron chi connectivity index (χ4n) is 0.916. The molecule has 0 heterocycles. The van der Waals surface area contributed by atoms with Crippen LogP contribution in [0, 0.1) is 10.1 Å². The molecule has 0 saturated heterocycles. The number of nitrogens with zero attached hydrogens (tertiary/aromatic N) is 1. The zero-order chi connectivity index (χ0) is 11.6. The molecule has 82 valence electrons. The normalized spacial score (nSPS) is 11.1. The number of hydrogen-bond donors (Lipinski definition) is 2. The van der Waals surface area contributed by atoms with Crippen LogP contribution >= 0.6 is 0 Å². The number of rotatable bonds is 3. The van der Waals surface area contributed by atoms with Gasteiger partial charge in [-0.1, -0.05) is 0 Å². The van der Waals surface area contributed by atoms with Crippen LogP contribution in [0.25, 0.3) is 0 Å². The molecule has 0 amide bonds. The average Bonchev–Trinajstić information content (AvgIpc) is 2.15. The van der Waals surface area contributed by atoms with E-state index in [0.717, 1.165) is 18.2 Å². The van der Waals surface area contributed by atoms with Gasteiger partial charge in [-0.15, -0.1) is 0 Å². The minimum atomic E-state index is -3.98. The van der Waals surface area contributed by atoms with E-state index in [1.165, 1.54) is 0 Å². The Labute approximate surface area is 84.6 Å². The molecule has 0 spiro atoms. The van der Waals surface area contributed by atoms with Gasteiger partial charge >= 0.3 is 5.69 Å². The van der Waals surface area contributed by atoms with Crippen LogP contribution < -0.4 is 15.9 Å². The molecule has 15 heavy (non-hydrogen) atoms. The molecule has 0 aromatic heterocycles. The maximum Gasteiger partial charge on any atom is 0.314 e. The number of sulfonamides is 1. The minimum Gasteiger partial charge on any atom is -0.404 e. The van der Waals surface area contributed by atoms with Gasteiger partial charge in [0.1, 0.15) is 0 Å². The van der Waals surface area contributed by atoms with E-state index in [4.69, 9.17) is 11.0 Å². The summed E-state index contributed by atoms with van der Waals surface area (Å²) in [6.45, 7) is 0. The highest BCUT2D eigenvalue weighted by Crippen LogP contribution is 2.28. The van der Waals surface area contributed by atoms with Crippen molar-refractivity contribution in [3.63, 3.8) is 0 Å². The van der Waals surface area contributed by atoms with Crippen LogP contribution in [0.1, 0.15) is 0 Å². The molecule has 0 aliphatic rings. The van der Waals surface area contributed by atoms with Crippen LogP contribution in [0.3, 0.4) is 0 Å². The van der Waals surface area contributed by atoms with Crippen molar-refractivity contribution in [1.29, 1.82) is 0 Å². The molecular weight excluding hydrogens is 226 g/mol. The Balaban J connectivity index is 3.42. The first kappa shape index (κ1) is 11.4. The van der Waals surface area contributed by atoms with E-state index in [0.29, 0.717) is 0 Å². The fourth-order valence-corrected chi connectivity index (χ4v) is 1.45. The minimum absolute atomic E-state index is 0.243. The highest BCUT2D eigenvalue weighted by Gasteiger charge is 2.19. The molecule has 0 unspecified atom stereocenters. The van der Waals surface area contributed by atoms with Gasteiger partial charge in [-0.05, 0) is 12.1 Å². The summed E-state index contributed by atoms with van der Waals surface area (Å²) in [5.74, 6) is 4.52. The number of nitro benzene ring substituents is 1. The average molecular weight is 233 g/mol. The van der Waals surface area contributed by atoms with Gasteiger partial charge in [-0.25, -0.2) is 13.6 Å². The molecule has 0 aliphatic carbocycles. The topological polar surface area (TPSA) is 139 Å². The van der Waals surface area contributed by atoms with Crippen LogP contribution in [-0.4, -0.2) is 13.3 Å². The molecule has 1 aromatic rings. The van der Waals surface area contributed by atoms with Gasteiger partial charge in [0.05, 0.1) is 9.82 Å². The quantitative estimate of drug-likeness (QED) is 0.532. The lowest BCUT2D eigenvalue weighted by atomic mass is 10.3. The molecule has 0 saturated carbocycles. The summed E-state index contributed by atoms with van der Waals surface area (Å²) in [5, 5.41) is 15.3. The molecule has 0 bridgehead atoms. The summed E-state index contributed by atoms with van der Waals surface area (Å²) in [5.41, 5.74) is -0.566. The Bertz CT molecular complexity index is 497. The molecule has 1 rings (SSSR count). The third-order valence-corrected chi connectivity index (χ3v) is 2.49. The van der Waals surface area contributed by atoms with Crippen molar-refractivity contribution in [3.8, 4) is 5.75 Å². The summed E-state index contributed by atoms with van der Waals surface area (Å²) in [4.78, 5) is 13.5. The molecule has 1 aromatic carbocycles. The van der Waals surface area contributed by atoms with Crippen LogP contribution in [0.5, 0.6) is 5.75 Å². The molecule has 0 aliphatic heterocycles. The fraction of sp³-hybridized carbons (Fsp3) is 0. The highest BCUT2D eigenvalue weighted by molar-refractivity contribution is 7.89. The van der Waals surface area contributed by atoms with Crippen LogP contribution in [0.4, 0.5) is 5.69 Å². The van der Waals surface area contributed by atoms with E-state index in [-0.39, 0.29) is 10.6 Å². The second kappa shape index (κ2) is 3.81. The van der Waals surface area contributed by atoms with Crippen molar-refractivity contribution in [3.05, 3.63) is 28.3 Å². The van der Waals surface area contributed by atoms with Crippen LogP contribution in [0.15, 0.2) is 23.1 Å². The van der Waals surface area contributed by atoms with Crippen molar-refractivity contribution in [1.82, 2.24) is 0 Å². The monoisotopic (exact) mass is 233 g/mol. The number of hydrogen-bond acceptors (Lipinski definition) is 6. The summed E-state index contributed by atoms with van der Waals surface area (Å²) in [7, 11) is -3.98. The Kier molecular flexibility index (Phi) is 2.88. The summed E-state index contributed by atoms with van der Waals surface area (Å²) < 4.78 is 21.8. The summed E-state index contributed by atoms with van der Waals surface area (Å²) >= 11 is 0. The van der Waals surface area contributed by atoms with Crippen molar-refractivity contribution in [2.45, 2.75) is 4.90 Å². The molecule has 4 N–H and O–H groups in total. The van der Waals surface area contributed by atoms with Crippen molar-refractivity contribution < 1.29 is 18.2 Å². The molecular formula is C6H7N3O5S. The van der Waals surface area contributed by atoms with Gasteiger partial charge in [0.15, 0.2) is 0 Å². The van der Waals surface area contributed by atoms with Gasteiger partial charge < -0.3 is 4.84 Å². The summed E-state index contributed by atoms with van der Waals surface area (Å²) in [6, 6.07) is 2.89. The van der Waals surface area contributed by atoms with Crippen LogP contribution in [0.2, 0.25) is 0 Å². The van der Waals surface area contributed by atoms with Crippen LogP contribution in [-0.2, 0) is 10.0 Å². The molecule has 0 radical (unpaired) electrons. The van der Waals surface area contributed by atoms with Crippen molar-refractivity contribution in [2.24, 2.45) is 11.0 Å². The van der Waals surface area contributed by atoms with Gasteiger partial charge in [0, 0.05) is 6.07 Å². The second-order valence-electron chi connectivity index (χ2n) is 2.55. The lowest BCUT2D eigenvalue weighted by Gasteiger charge is -2.02. The zero-order valence-corrected chi connectivity index (χ0v) is 8.10. The Morgan fingerprint density at radius 2 is 2.00 bits per heavy atom. The molecule has 8 nitrogen and oxygen atoms in total. The number of primary sulfonamides is 1. The SMILES string of the molecule is NOc1ccc(S(N)(=O)=O)cc1[N+](=O)[O-]. The maximum atomic E-state index is 10.9. The number of nitro groups is 1. The van der Waals surface area contributed by atoms with Gasteiger partial charge in [-0.2, -0.15) is 5.90 Å². The first-order valence-electron chi connectivity index (χ1n) is 3.54. The first-order valence-corrected chi connectivity index (χ1v) is 5.09. The van der Waals surface area contributed by atoms with Crippen molar-refractivity contribution in [2.75, 3.05) is 0 Å². The Morgan fingerprint density at radius 3 is 2.40 bits per heavy atom. The summed E-state index contributed by atoms with van der Waals surface area (Å²) in [6.07, 6.45) is 0. The lowest BCUT2D eigenvalue weighted by molar-refractivity contribution is -0.386. The molecule has 0 atom stereocenters. The molecule has 9 heteroatoms. The third kappa shape index (κ3) is 2.40. The predicted molar refractivity (Wildman–Crippen MR) is 49.3 cm³/mol. The Morgan fingerprint density at radius 1 is 1.40 bits per heavy atom. The smallest absolute Gasteiger partial charge is 0.314 e.